The summed E-state index contributed by atoms with van der Waals surface area (Å²) in [6, 6.07) is 1.12. The Hall–Kier alpha value is -0.630. The summed E-state index contributed by atoms with van der Waals surface area (Å²) in [5.41, 5.74) is -0.472. The predicted octanol–water partition coefficient (Wildman–Crippen LogP) is 4.92. The van der Waals surface area contributed by atoms with Crippen LogP contribution in [0.2, 0.25) is 0 Å². The molecule has 0 spiro atoms. The molecule has 0 radical (unpaired) electrons. The third-order valence-electron chi connectivity index (χ3n) is 1.54. The van der Waals surface area contributed by atoms with Crippen LogP contribution in [0.1, 0.15) is 10.4 Å². The van der Waals surface area contributed by atoms with Gasteiger partial charge in [0.2, 0.25) is 0 Å². The van der Waals surface area contributed by atoms with E-state index in [0.717, 1.165) is 6.07 Å². The highest BCUT2D eigenvalue weighted by molar-refractivity contribution is 9.10. The maximum Gasteiger partial charge on any atom is 0.310 e. The fourth-order valence-corrected chi connectivity index (χ4v) is 1.87. The monoisotopic (exact) mass is 310 g/mol. The second kappa shape index (κ2) is 2.73. The molecular weight excluding hydrogens is 307 g/mol. The first-order valence-electron chi connectivity index (χ1n) is 3.43. The topological polar surface area (TPSA) is 17.1 Å². The van der Waals surface area contributed by atoms with Crippen molar-refractivity contribution in [3.8, 4) is 0 Å². The van der Waals surface area contributed by atoms with Crippen molar-refractivity contribution >= 4 is 32.4 Å². The molecule has 0 atom stereocenters. The molecule has 0 bridgehead atoms. The third-order valence-corrected chi connectivity index (χ3v) is 3.41. The number of aldehydes is 1. The van der Waals surface area contributed by atoms with E-state index < -0.39 is 20.7 Å². The molecular formula is C7H4BrF5OS. The highest BCUT2D eigenvalue weighted by Crippen LogP contribution is 3.02. The Morgan fingerprint density at radius 1 is 1.13 bits per heavy atom. The minimum absolute atomic E-state index is 0.0306. The fraction of sp³-hybridized carbons (Fsp3) is 0. The number of halogens is 6. The molecule has 1 rings (SSSR count). The first-order valence-corrected chi connectivity index (χ1v) is 6.17. The van der Waals surface area contributed by atoms with Crippen molar-refractivity contribution in [2.75, 3.05) is 0 Å². The number of benzene rings is 1. The average molecular weight is 311 g/mol. The molecule has 0 aliphatic heterocycles. The van der Waals surface area contributed by atoms with E-state index in [9.17, 15) is 24.2 Å². The van der Waals surface area contributed by atoms with Gasteiger partial charge in [-0.25, -0.2) is 0 Å². The van der Waals surface area contributed by atoms with E-state index in [1.807, 2.05) is 0 Å². The zero-order chi connectivity index (χ0) is 12.0. The zero-order valence-corrected chi connectivity index (χ0v) is 9.30. The van der Waals surface area contributed by atoms with Crippen LogP contribution in [0.5, 0.6) is 0 Å². The van der Waals surface area contributed by atoms with Gasteiger partial charge < -0.3 is 0 Å². The molecule has 8 heteroatoms. The van der Waals surface area contributed by atoms with Gasteiger partial charge in [0.1, 0.15) is 4.90 Å². The van der Waals surface area contributed by atoms with Crippen LogP contribution in [0.25, 0.3) is 0 Å². The lowest BCUT2D eigenvalue weighted by Gasteiger charge is -2.40. The van der Waals surface area contributed by atoms with Crippen molar-refractivity contribution in [2.24, 2.45) is 0 Å². The van der Waals surface area contributed by atoms with Crippen molar-refractivity contribution in [2.45, 2.75) is 4.90 Å². The molecule has 1 aromatic rings. The Morgan fingerprint density at radius 2 is 1.67 bits per heavy atom. The van der Waals surface area contributed by atoms with Crippen molar-refractivity contribution in [1.82, 2.24) is 0 Å². The third kappa shape index (κ3) is 2.91. The van der Waals surface area contributed by atoms with E-state index >= 15 is 0 Å². The van der Waals surface area contributed by atoms with Crippen LogP contribution >= 0.6 is 26.2 Å². The first-order chi connectivity index (χ1) is 6.44. The summed E-state index contributed by atoms with van der Waals surface area (Å²) in [6.07, 6.45) is 0.0666. The van der Waals surface area contributed by atoms with Gasteiger partial charge >= 0.3 is 10.2 Å². The quantitative estimate of drug-likeness (QED) is 0.560. The van der Waals surface area contributed by atoms with Gasteiger partial charge in [-0.2, -0.15) is 0 Å². The van der Waals surface area contributed by atoms with Crippen LogP contribution in [0.3, 0.4) is 0 Å². The zero-order valence-electron chi connectivity index (χ0n) is 6.89. The van der Waals surface area contributed by atoms with E-state index in [0.29, 0.717) is 0 Å². The Labute approximate surface area is 90.1 Å². The molecule has 0 fully saturated rings. The van der Waals surface area contributed by atoms with Gasteiger partial charge in [-0.1, -0.05) is 35.4 Å². The summed E-state index contributed by atoms with van der Waals surface area (Å²) in [7, 11) is -9.68. The Balaban J connectivity index is 3.50. The number of carbonyl (C=O) groups is 1. The first kappa shape index (κ1) is 12.4. The molecule has 1 aromatic carbocycles. The number of carbonyl (C=O) groups excluding carboxylic acids is 1. The standard InChI is InChI=1S/C7H4BrF5OS/c8-7-2-1-6(3-5(7)4-14)15(9,10,11,12)13/h1-4H. The number of hydrogen-bond donors (Lipinski definition) is 0. The summed E-state index contributed by atoms with van der Waals surface area (Å²) < 4.78 is 61.4. The van der Waals surface area contributed by atoms with Gasteiger partial charge in [0.15, 0.2) is 6.29 Å². The highest BCUT2D eigenvalue weighted by Gasteiger charge is 2.65. The van der Waals surface area contributed by atoms with Crippen LogP contribution in [-0.2, 0) is 0 Å². The van der Waals surface area contributed by atoms with Crippen LogP contribution in [-0.4, -0.2) is 6.29 Å². The molecule has 0 amide bonds. The van der Waals surface area contributed by atoms with Gasteiger partial charge in [0, 0.05) is 10.0 Å². The molecule has 0 saturated carbocycles. The largest absolute Gasteiger partial charge is 0.310 e. The van der Waals surface area contributed by atoms with Gasteiger partial charge in [0.25, 0.3) is 0 Å². The highest BCUT2D eigenvalue weighted by atomic mass is 79.9. The summed E-state index contributed by atoms with van der Waals surface area (Å²) in [6.45, 7) is 0. The van der Waals surface area contributed by atoms with E-state index in [2.05, 4.69) is 15.9 Å². The van der Waals surface area contributed by atoms with Crippen molar-refractivity contribution < 1.29 is 24.2 Å². The van der Waals surface area contributed by atoms with E-state index in [1.54, 1.807) is 0 Å². The fourth-order valence-electron chi connectivity index (χ4n) is 0.852. The molecule has 0 N–H and O–H groups in total. The average Bonchev–Trinajstić information content (AvgIpc) is 2.00. The molecule has 15 heavy (non-hydrogen) atoms. The lowest BCUT2D eigenvalue weighted by molar-refractivity contribution is 0.112. The van der Waals surface area contributed by atoms with Gasteiger partial charge in [-0.3, -0.25) is 4.79 Å². The predicted molar refractivity (Wildman–Crippen MR) is 50.9 cm³/mol. The summed E-state index contributed by atoms with van der Waals surface area (Å²) in [5.74, 6) is 0. The Morgan fingerprint density at radius 3 is 2.07 bits per heavy atom. The number of rotatable bonds is 2. The van der Waals surface area contributed by atoms with E-state index in [1.165, 1.54) is 0 Å². The second-order valence-electron chi connectivity index (χ2n) is 2.77. The Kier molecular flexibility index (Phi) is 2.26. The van der Waals surface area contributed by atoms with Crippen LogP contribution in [0, 0.1) is 0 Å². The van der Waals surface area contributed by atoms with Crippen LogP contribution in [0.4, 0.5) is 19.4 Å². The van der Waals surface area contributed by atoms with Crippen molar-refractivity contribution in [3.63, 3.8) is 0 Å². The molecule has 0 unspecified atom stereocenters. The normalized spacial score (nSPS) is 16.7. The number of hydrogen-bond acceptors (Lipinski definition) is 1. The summed E-state index contributed by atoms with van der Waals surface area (Å²) in [5, 5.41) is 0. The molecule has 1 nitrogen and oxygen atoms in total. The lowest BCUT2D eigenvalue weighted by atomic mass is 10.2. The van der Waals surface area contributed by atoms with Gasteiger partial charge in [-0.05, 0) is 18.2 Å². The minimum Gasteiger partial charge on any atom is -0.298 e. The molecule has 0 heterocycles. The van der Waals surface area contributed by atoms with Gasteiger partial charge in [0.05, 0.1) is 0 Å². The van der Waals surface area contributed by atoms with Crippen molar-refractivity contribution in [1.29, 1.82) is 0 Å². The Bertz CT molecular complexity index is 426. The lowest BCUT2D eigenvalue weighted by Crippen LogP contribution is -2.06. The molecule has 86 valence electrons. The van der Waals surface area contributed by atoms with Crippen LogP contribution in [0.15, 0.2) is 27.6 Å². The maximum absolute atomic E-state index is 12.3. The van der Waals surface area contributed by atoms with E-state index in [-0.39, 0.29) is 22.9 Å². The van der Waals surface area contributed by atoms with E-state index in [4.69, 9.17) is 0 Å². The van der Waals surface area contributed by atoms with Crippen molar-refractivity contribution in [3.05, 3.63) is 28.2 Å². The molecule has 0 saturated heterocycles. The second-order valence-corrected chi connectivity index (χ2v) is 6.03. The summed E-state index contributed by atoms with van der Waals surface area (Å²) >= 11 is 2.76. The molecule has 0 aliphatic carbocycles. The smallest absolute Gasteiger partial charge is 0.298 e. The molecule has 0 aromatic heterocycles. The van der Waals surface area contributed by atoms with Gasteiger partial charge in [-0.15, -0.1) is 0 Å². The SMILES string of the molecule is O=Cc1cc(S(F)(F)(F)(F)F)ccc1Br. The maximum atomic E-state index is 12.3. The minimum atomic E-state index is -9.68. The summed E-state index contributed by atoms with van der Waals surface area (Å²) in [4.78, 5) is 8.22. The molecule has 0 aliphatic rings. The van der Waals surface area contributed by atoms with Crippen LogP contribution < -0.4 is 0 Å².